The molecule has 3 aromatic carbocycles. The third kappa shape index (κ3) is 6.14. The zero-order valence-electron chi connectivity index (χ0n) is 23.2. The van der Waals surface area contributed by atoms with E-state index in [0.717, 1.165) is 28.4 Å². The maximum atomic E-state index is 13.9. The summed E-state index contributed by atoms with van der Waals surface area (Å²) in [5.41, 5.74) is 1.56. The van der Waals surface area contributed by atoms with Crippen molar-refractivity contribution in [2.45, 2.75) is 24.2 Å². The van der Waals surface area contributed by atoms with Crippen LogP contribution in [-0.4, -0.2) is 64.2 Å². The molecule has 220 valence electrons. The lowest BCUT2D eigenvalue weighted by molar-refractivity contribution is 0.0987. The lowest BCUT2D eigenvalue weighted by Crippen LogP contribution is -2.35. The van der Waals surface area contributed by atoms with E-state index in [-0.39, 0.29) is 10.5 Å². The standard InChI is InChI=1S/C29H29BrN4O6S2/c1-38-24-15-19(16-25(39-2)27(24)40-3)18-31-34(29-32-23-12-9-21(30)17-26(23)41-29)28(35)20-7-10-22(11-8-20)42(36,37)33-13-5-4-6-14-33/h7-12,15-18H,4-6,13-14H2,1-3H3/b31-18+. The predicted molar refractivity (Wildman–Crippen MR) is 167 cm³/mol. The topological polar surface area (TPSA) is 111 Å². The molecule has 1 amide bonds. The number of methoxy groups -OCH3 is 3. The molecule has 10 nitrogen and oxygen atoms in total. The molecule has 0 radical (unpaired) electrons. The summed E-state index contributed by atoms with van der Waals surface area (Å²) in [7, 11) is 0.916. The van der Waals surface area contributed by atoms with Crippen molar-refractivity contribution in [1.29, 1.82) is 0 Å². The van der Waals surface area contributed by atoms with E-state index in [1.165, 1.54) is 72.5 Å². The molecule has 2 heterocycles. The van der Waals surface area contributed by atoms with Gasteiger partial charge in [-0.25, -0.2) is 13.4 Å². The molecule has 1 aromatic heterocycles. The number of benzene rings is 3. The molecular formula is C29H29BrN4O6S2. The van der Waals surface area contributed by atoms with Gasteiger partial charge in [0.25, 0.3) is 5.91 Å². The number of amides is 1. The molecular weight excluding hydrogens is 644 g/mol. The van der Waals surface area contributed by atoms with Crippen molar-refractivity contribution in [2.24, 2.45) is 5.10 Å². The van der Waals surface area contributed by atoms with Gasteiger partial charge in [-0.2, -0.15) is 14.4 Å². The quantitative estimate of drug-likeness (QED) is 0.160. The van der Waals surface area contributed by atoms with Gasteiger partial charge in [0.1, 0.15) is 0 Å². The molecule has 0 atom stereocenters. The number of aromatic nitrogens is 1. The highest BCUT2D eigenvalue weighted by Gasteiger charge is 2.27. The van der Waals surface area contributed by atoms with E-state index in [1.54, 1.807) is 12.1 Å². The molecule has 0 bridgehead atoms. The van der Waals surface area contributed by atoms with Crippen LogP contribution >= 0.6 is 27.3 Å². The number of hydrogen-bond donors (Lipinski definition) is 0. The molecule has 0 spiro atoms. The smallest absolute Gasteiger partial charge is 0.280 e. The number of ether oxygens (including phenoxy) is 3. The first-order valence-corrected chi connectivity index (χ1v) is 16.1. The van der Waals surface area contributed by atoms with Crippen LogP contribution in [0.4, 0.5) is 5.13 Å². The van der Waals surface area contributed by atoms with Crippen LogP contribution in [0.15, 0.2) is 69.1 Å². The van der Waals surface area contributed by atoms with Crippen molar-refractivity contribution in [3.63, 3.8) is 0 Å². The fraction of sp³-hybridized carbons (Fsp3) is 0.276. The van der Waals surface area contributed by atoms with E-state index in [2.05, 4.69) is 26.0 Å². The number of piperidine rings is 1. The second-order valence-electron chi connectivity index (χ2n) is 9.42. The van der Waals surface area contributed by atoms with Gasteiger partial charge in [0, 0.05) is 28.7 Å². The molecule has 5 rings (SSSR count). The third-order valence-corrected chi connectivity index (χ3v) is 10.2. The van der Waals surface area contributed by atoms with Crippen LogP contribution in [-0.2, 0) is 10.0 Å². The highest BCUT2D eigenvalue weighted by molar-refractivity contribution is 9.10. The van der Waals surface area contributed by atoms with Crippen LogP contribution in [0.25, 0.3) is 10.2 Å². The number of rotatable bonds is 9. The van der Waals surface area contributed by atoms with Gasteiger partial charge < -0.3 is 14.2 Å². The number of carbonyl (C=O) groups is 1. The Bertz CT molecular complexity index is 1710. The van der Waals surface area contributed by atoms with Gasteiger partial charge in [-0.1, -0.05) is 33.7 Å². The molecule has 1 aliphatic rings. The Morgan fingerprint density at radius 2 is 1.64 bits per heavy atom. The van der Waals surface area contributed by atoms with Crippen molar-refractivity contribution in [3.8, 4) is 17.2 Å². The minimum Gasteiger partial charge on any atom is -0.493 e. The third-order valence-electron chi connectivity index (χ3n) is 6.78. The normalized spacial score (nSPS) is 14.3. The van der Waals surface area contributed by atoms with Crippen molar-refractivity contribution in [1.82, 2.24) is 9.29 Å². The Morgan fingerprint density at radius 3 is 2.26 bits per heavy atom. The van der Waals surface area contributed by atoms with Crippen molar-refractivity contribution >= 4 is 64.8 Å². The SMILES string of the molecule is COc1cc(/C=N/N(C(=O)c2ccc(S(=O)(=O)N3CCCCC3)cc2)c2nc3ccc(Br)cc3s2)cc(OC)c1OC. The van der Waals surface area contributed by atoms with Gasteiger partial charge in [-0.3, -0.25) is 4.79 Å². The van der Waals surface area contributed by atoms with Gasteiger partial charge >= 0.3 is 0 Å². The maximum absolute atomic E-state index is 13.9. The lowest BCUT2D eigenvalue weighted by Gasteiger charge is -2.25. The zero-order valence-corrected chi connectivity index (χ0v) is 26.5. The second-order valence-corrected chi connectivity index (χ2v) is 13.3. The summed E-state index contributed by atoms with van der Waals surface area (Å²) in [4.78, 5) is 18.7. The molecule has 0 N–H and O–H groups in total. The van der Waals surface area contributed by atoms with Gasteiger partial charge in [-0.05, 0) is 67.4 Å². The van der Waals surface area contributed by atoms with Crippen molar-refractivity contribution in [2.75, 3.05) is 39.4 Å². The average molecular weight is 674 g/mol. The minimum atomic E-state index is -3.63. The Hall–Kier alpha value is -3.52. The maximum Gasteiger partial charge on any atom is 0.280 e. The Labute approximate surface area is 256 Å². The van der Waals surface area contributed by atoms with Gasteiger partial charge in [0.2, 0.25) is 20.9 Å². The second kappa shape index (κ2) is 12.8. The number of anilines is 1. The van der Waals surface area contributed by atoms with Gasteiger partial charge in [0.05, 0.1) is 42.7 Å². The van der Waals surface area contributed by atoms with Crippen LogP contribution in [0.1, 0.15) is 35.2 Å². The summed E-state index contributed by atoms with van der Waals surface area (Å²) in [6.07, 6.45) is 4.20. The molecule has 0 saturated carbocycles. The predicted octanol–water partition coefficient (Wildman–Crippen LogP) is 5.94. The van der Waals surface area contributed by atoms with Crippen LogP contribution in [0.2, 0.25) is 0 Å². The summed E-state index contributed by atoms with van der Waals surface area (Å²) in [6, 6.07) is 15.0. The number of halogens is 1. The van der Waals surface area contributed by atoms with Crippen molar-refractivity contribution in [3.05, 3.63) is 70.2 Å². The highest BCUT2D eigenvalue weighted by Crippen LogP contribution is 2.38. The molecule has 13 heteroatoms. The van der Waals surface area contributed by atoms with E-state index >= 15 is 0 Å². The summed E-state index contributed by atoms with van der Waals surface area (Å²) >= 11 is 4.78. The number of hydrazone groups is 1. The van der Waals surface area contributed by atoms with Crippen LogP contribution < -0.4 is 19.2 Å². The molecule has 1 aliphatic heterocycles. The van der Waals surface area contributed by atoms with E-state index in [9.17, 15) is 13.2 Å². The summed E-state index contributed by atoms with van der Waals surface area (Å²) in [5, 5.41) is 6.08. The number of thiazole rings is 1. The van der Waals surface area contributed by atoms with E-state index in [0.29, 0.717) is 46.5 Å². The molecule has 42 heavy (non-hydrogen) atoms. The number of nitrogens with zero attached hydrogens (tertiary/aromatic N) is 4. The first-order valence-electron chi connectivity index (χ1n) is 13.1. The molecule has 1 saturated heterocycles. The summed E-state index contributed by atoms with van der Waals surface area (Å²) < 4.78 is 45.8. The lowest BCUT2D eigenvalue weighted by atomic mass is 10.2. The number of fused-ring (bicyclic) bond motifs is 1. The zero-order chi connectivity index (χ0) is 29.9. The van der Waals surface area contributed by atoms with Crippen molar-refractivity contribution < 1.29 is 27.4 Å². The molecule has 0 aliphatic carbocycles. The fourth-order valence-electron chi connectivity index (χ4n) is 4.61. The summed E-state index contributed by atoms with van der Waals surface area (Å²) in [6.45, 7) is 1.00. The molecule has 1 fully saturated rings. The monoisotopic (exact) mass is 672 g/mol. The van der Waals surface area contributed by atoms with Crippen LogP contribution in [0.3, 0.4) is 0 Å². The largest absolute Gasteiger partial charge is 0.493 e. The number of sulfonamides is 1. The van der Waals surface area contributed by atoms with Gasteiger partial charge in [0.15, 0.2) is 11.5 Å². The Kier molecular flexibility index (Phi) is 9.11. The summed E-state index contributed by atoms with van der Waals surface area (Å²) in [5.74, 6) is 0.832. The van der Waals surface area contributed by atoms with E-state index < -0.39 is 15.9 Å². The molecule has 4 aromatic rings. The van der Waals surface area contributed by atoms with Gasteiger partial charge in [-0.15, -0.1) is 0 Å². The molecule has 0 unspecified atom stereocenters. The Balaban J connectivity index is 1.51. The number of hydrogen-bond acceptors (Lipinski definition) is 9. The van der Waals surface area contributed by atoms with E-state index in [4.69, 9.17) is 14.2 Å². The highest BCUT2D eigenvalue weighted by atomic mass is 79.9. The average Bonchev–Trinajstić information content (AvgIpc) is 3.43. The van der Waals surface area contributed by atoms with Crippen LogP contribution in [0, 0.1) is 0 Å². The van der Waals surface area contributed by atoms with E-state index in [1.807, 2.05) is 18.2 Å². The van der Waals surface area contributed by atoms with Crippen LogP contribution in [0.5, 0.6) is 17.2 Å². The fourth-order valence-corrected chi connectivity index (χ4v) is 7.60. The first-order chi connectivity index (χ1) is 20.2. The number of carbonyl (C=O) groups excluding carboxylic acids is 1. The first kappa shape index (κ1) is 30.0. The Morgan fingerprint density at radius 1 is 0.976 bits per heavy atom. The minimum absolute atomic E-state index is 0.151.